The predicted molar refractivity (Wildman–Crippen MR) is 128 cm³/mol. The number of anilines is 1. The molecule has 0 aliphatic rings. The first kappa shape index (κ1) is 23.0. The van der Waals surface area contributed by atoms with Crippen LogP contribution < -0.4 is 20.3 Å². The highest BCUT2D eigenvalue weighted by Crippen LogP contribution is 2.23. The Hall–Kier alpha value is -4.14. The summed E-state index contributed by atoms with van der Waals surface area (Å²) in [5.74, 6) is 1.26. The van der Waals surface area contributed by atoms with Gasteiger partial charge in [-0.25, -0.2) is 4.98 Å². The summed E-state index contributed by atoms with van der Waals surface area (Å²) in [6.45, 7) is 7.78. The number of carbonyl (C=O) groups excluding carboxylic acids is 1. The van der Waals surface area contributed by atoms with Crippen LogP contribution in [-0.4, -0.2) is 31.7 Å². The molecule has 1 N–H and O–H groups in total. The molecule has 2 aromatic heterocycles. The number of rotatable bonds is 8. The number of aromatic nitrogens is 4. The van der Waals surface area contributed by atoms with Crippen molar-refractivity contribution in [2.24, 2.45) is 0 Å². The van der Waals surface area contributed by atoms with Crippen LogP contribution in [0.25, 0.3) is 5.78 Å². The molecule has 9 heteroatoms. The van der Waals surface area contributed by atoms with Gasteiger partial charge >= 0.3 is 0 Å². The lowest BCUT2D eigenvalue weighted by Crippen LogP contribution is -2.23. The highest BCUT2D eigenvalue weighted by atomic mass is 16.5. The summed E-state index contributed by atoms with van der Waals surface area (Å²) >= 11 is 0. The molecule has 34 heavy (non-hydrogen) atoms. The van der Waals surface area contributed by atoms with Gasteiger partial charge < -0.3 is 14.8 Å². The van der Waals surface area contributed by atoms with Gasteiger partial charge in [-0.15, -0.1) is 0 Å². The predicted octanol–water partition coefficient (Wildman–Crippen LogP) is 3.69. The fourth-order valence-corrected chi connectivity index (χ4v) is 3.45. The largest absolute Gasteiger partial charge is 0.487 e. The van der Waals surface area contributed by atoms with E-state index in [9.17, 15) is 9.59 Å². The van der Waals surface area contributed by atoms with Gasteiger partial charge in [-0.3, -0.25) is 14.3 Å². The maximum Gasteiger partial charge on any atom is 0.274 e. The Morgan fingerprint density at radius 1 is 1.09 bits per heavy atom. The van der Waals surface area contributed by atoms with Crippen LogP contribution in [0.15, 0.2) is 59.7 Å². The van der Waals surface area contributed by atoms with E-state index in [4.69, 9.17) is 9.47 Å². The molecule has 4 aromatic rings. The van der Waals surface area contributed by atoms with E-state index >= 15 is 0 Å². The van der Waals surface area contributed by atoms with Crippen LogP contribution in [0.2, 0.25) is 0 Å². The van der Waals surface area contributed by atoms with Gasteiger partial charge in [-0.05, 0) is 57.0 Å². The van der Waals surface area contributed by atoms with Crippen molar-refractivity contribution < 1.29 is 14.3 Å². The second kappa shape index (κ2) is 9.78. The van der Waals surface area contributed by atoms with E-state index < -0.39 is 0 Å². The number of ether oxygens (including phenoxy) is 2. The van der Waals surface area contributed by atoms with E-state index in [-0.39, 0.29) is 30.7 Å². The minimum absolute atomic E-state index is 0.0782. The molecular formula is C25H27N5O4. The molecule has 0 bridgehead atoms. The molecule has 0 aliphatic carbocycles. The summed E-state index contributed by atoms with van der Waals surface area (Å²) in [6, 6.07) is 14.4. The quantitative estimate of drug-likeness (QED) is 0.430. The van der Waals surface area contributed by atoms with Crippen LogP contribution in [0.5, 0.6) is 11.5 Å². The van der Waals surface area contributed by atoms with Gasteiger partial charge in [0.05, 0.1) is 5.69 Å². The third-order valence-corrected chi connectivity index (χ3v) is 5.19. The number of nitrogens with zero attached hydrogens (tertiary/aromatic N) is 4. The minimum atomic E-state index is -0.280. The molecule has 2 heterocycles. The maximum absolute atomic E-state index is 12.6. The van der Waals surface area contributed by atoms with Crippen LogP contribution in [0, 0.1) is 13.8 Å². The van der Waals surface area contributed by atoms with Crippen molar-refractivity contribution in [2.75, 3.05) is 11.9 Å². The van der Waals surface area contributed by atoms with Gasteiger partial charge in [-0.1, -0.05) is 18.2 Å². The van der Waals surface area contributed by atoms with Crippen LogP contribution in [0.1, 0.15) is 36.7 Å². The van der Waals surface area contributed by atoms with E-state index in [1.54, 1.807) is 23.1 Å². The van der Waals surface area contributed by atoms with E-state index in [0.29, 0.717) is 28.7 Å². The fraction of sp³-hybridized carbons (Fsp3) is 0.280. The second-order valence-electron chi connectivity index (χ2n) is 8.34. The van der Waals surface area contributed by atoms with E-state index in [2.05, 4.69) is 15.3 Å². The lowest BCUT2D eigenvalue weighted by molar-refractivity contribution is -0.118. The second-order valence-corrected chi connectivity index (χ2v) is 8.34. The zero-order chi connectivity index (χ0) is 24.2. The molecule has 0 unspecified atom stereocenters. The summed E-state index contributed by atoms with van der Waals surface area (Å²) in [5, 5.41) is 2.81. The number of hydrogen-bond donors (Lipinski definition) is 1. The van der Waals surface area contributed by atoms with Crippen LogP contribution >= 0.6 is 0 Å². The number of aryl methyl sites for hydroxylation is 2. The van der Waals surface area contributed by atoms with Gasteiger partial charge in [-0.2, -0.15) is 9.50 Å². The topological polar surface area (TPSA) is 99.7 Å². The van der Waals surface area contributed by atoms with Crippen LogP contribution in [-0.2, 0) is 11.4 Å². The van der Waals surface area contributed by atoms with E-state index in [0.717, 1.165) is 11.1 Å². The van der Waals surface area contributed by atoms with Crippen LogP contribution in [0.3, 0.4) is 0 Å². The van der Waals surface area contributed by atoms with E-state index in [1.165, 1.54) is 10.6 Å². The number of nitrogens with one attached hydrogen (secondary N) is 1. The first-order chi connectivity index (χ1) is 16.3. The van der Waals surface area contributed by atoms with Crippen molar-refractivity contribution in [1.82, 2.24) is 19.2 Å². The third kappa shape index (κ3) is 5.25. The lowest BCUT2D eigenvalue weighted by Gasteiger charge is -2.12. The number of fused-ring (bicyclic) bond motifs is 1. The standard InChI is InChI=1S/C25H27N5O4/c1-16(2)29-15-26-25-28-20(12-24(32)30(25)29)13-34-22-11-19(9-8-18(22)4)27-23(31)14-33-21-7-5-6-17(3)10-21/h5-12,15-16H,13-14H2,1-4H3,(H,27,31). The Bertz CT molecular complexity index is 1390. The average Bonchev–Trinajstić information content (AvgIpc) is 3.23. The lowest BCUT2D eigenvalue weighted by atomic mass is 10.2. The number of amides is 1. The summed E-state index contributed by atoms with van der Waals surface area (Å²) in [7, 11) is 0. The Kier molecular flexibility index (Phi) is 6.62. The molecule has 176 valence electrons. The minimum Gasteiger partial charge on any atom is -0.487 e. The number of carbonyl (C=O) groups is 1. The molecule has 0 spiro atoms. The molecule has 2 aromatic carbocycles. The van der Waals surface area contributed by atoms with Crippen molar-refractivity contribution in [1.29, 1.82) is 0 Å². The Labute approximate surface area is 197 Å². The van der Waals surface area contributed by atoms with Gasteiger partial charge in [0.15, 0.2) is 6.61 Å². The van der Waals surface area contributed by atoms with Crippen molar-refractivity contribution in [3.63, 3.8) is 0 Å². The molecule has 4 rings (SSSR count). The Balaban J connectivity index is 1.41. The molecule has 0 saturated heterocycles. The van der Waals surface area contributed by atoms with Gasteiger partial charge in [0.25, 0.3) is 17.2 Å². The summed E-state index contributed by atoms with van der Waals surface area (Å²) in [6.07, 6.45) is 1.60. The Morgan fingerprint density at radius 3 is 2.68 bits per heavy atom. The normalized spacial score (nSPS) is 11.1. The van der Waals surface area contributed by atoms with Gasteiger partial charge in [0, 0.05) is 23.9 Å². The SMILES string of the molecule is Cc1cccc(OCC(=O)Nc2ccc(C)c(OCc3cc(=O)n4c(ncn4C(C)C)n3)c2)c1. The highest BCUT2D eigenvalue weighted by Gasteiger charge is 2.12. The van der Waals surface area contributed by atoms with Gasteiger partial charge in [0.2, 0.25) is 0 Å². The summed E-state index contributed by atoms with van der Waals surface area (Å²) in [4.78, 5) is 33.6. The zero-order valence-corrected chi connectivity index (χ0v) is 19.6. The highest BCUT2D eigenvalue weighted by molar-refractivity contribution is 5.92. The van der Waals surface area contributed by atoms with Gasteiger partial charge in [0.1, 0.15) is 24.4 Å². The molecule has 9 nitrogen and oxygen atoms in total. The molecule has 0 fully saturated rings. The average molecular weight is 462 g/mol. The molecule has 0 saturated carbocycles. The third-order valence-electron chi connectivity index (χ3n) is 5.19. The molecule has 1 amide bonds. The smallest absolute Gasteiger partial charge is 0.274 e. The molecule has 0 atom stereocenters. The molecule has 0 radical (unpaired) electrons. The zero-order valence-electron chi connectivity index (χ0n) is 19.6. The molecular weight excluding hydrogens is 434 g/mol. The first-order valence-electron chi connectivity index (χ1n) is 11.0. The van der Waals surface area contributed by atoms with Crippen molar-refractivity contribution in [2.45, 2.75) is 40.3 Å². The van der Waals surface area contributed by atoms with Crippen molar-refractivity contribution in [3.8, 4) is 11.5 Å². The van der Waals surface area contributed by atoms with Crippen molar-refractivity contribution in [3.05, 3.63) is 82.0 Å². The fourth-order valence-electron chi connectivity index (χ4n) is 3.45. The summed E-state index contributed by atoms with van der Waals surface area (Å²) < 4.78 is 14.6. The van der Waals surface area contributed by atoms with Crippen molar-refractivity contribution >= 4 is 17.4 Å². The Morgan fingerprint density at radius 2 is 1.91 bits per heavy atom. The summed E-state index contributed by atoms with van der Waals surface area (Å²) in [5.41, 5.74) is 2.77. The number of hydrogen-bond acceptors (Lipinski definition) is 6. The first-order valence-corrected chi connectivity index (χ1v) is 11.0. The number of benzene rings is 2. The molecule has 0 aliphatic heterocycles. The van der Waals surface area contributed by atoms with E-state index in [1.807, 2.05) is 58.0 Å². The maximum atomic E-state index is 12.6. The van der Waals surface area contributed by atoms with Crippen LogP contribution in [0.4, 0.5) is 5.69 Å². The monoisotopic (exact) mass is 461 g/mol.